The molecule has 0 atom stereocenters. The minimum Gasteiger partial charge on any atom is -0.278 e. The first kappa shape index (κ1) is 27.1. The summed E-state index contributed by atoms with van der Waals surface area (Å²) in [5.74, 6) is 1.79. The predicted molar refractivity (Wildman–Crippen MR) is 203 cm³/mol. The molecule has 50 heavy (non-hydrogen) atoms. The fourth-order valence-corrected chi connectivity index (χ4v) is 7.77. The Labute approximate surface area is 286 Å². The highest BCUT2D eigenvalue weighted by Crippen LogP contribution is 2.41. The van der Waals surface area contributed by atoms with Crippen LogP contribution in [0.15, 0.2) is 170 Å². The van der Waals surface area contributed by atoms with Gasteiger partial charge in [-0.2, -0.15) is 0 Å². The number of hydrogen-bond acceptors (Lipinski definition) is 2. The van der Waals surface area contributed by atoms with Crippen LogP contribution in [-0.4, -0.2) is 27.9 Å². The van der Waals surface area contributed by atoms with Crippen LogP contribution >= 0.6 is 0 Å². The third-order valence-electron chi connectivity index (χ3n) is 9.96. The van der Waals surface area contributed by atoms with Gasteiger partial charge in [-0.3, -0.25) is 17.9 Å². The first-order valence-electron chi connectivity index (χ1n) is 16.9. The summed E-state index contributed by atoms with van der Waals surface area (Å²) < 4.78 is 9.16. The normalized spacial score (nSPS) is 12.0. The number of imidazole rings is 4. The standard InChI is InChI=1S/C44H28N6/c1-4-14-29(15-5-1)33-27-41-42(50-38-23-13-11-21-36(38)46-44(50)48(41)32-18-8-3-9-19-32)28-34(33)30-24-25-39-40(26-30)49-37-22-12-10-20-35(37)45-43(49)47(39)31-16-6-2-7-17-31/h1-28H. The third kappa shape index (κ3) is 3.78. The Balaban J connectivity index is 1.27. The molecule has 0 bridgehead atoms. The van der Waals surface area contributed by atoms with Gasteiger partial charge in [0.2, 0.25) is 11.6 Å². The number of fused-ring (bicyclic) bond motifs is 10. The summed E-state index contributed by atoms with van der Waals surface area (Å²) in [7, 11) is 0. The summed E-state index contributed by atoms with van der Waals surface area (Å²) in [4.78, 5) is 10.3. The van der Waals surface area contributed by atoms with Crippen molar-refractivity contribution in [2.24, 2.45) is 0 Å². The lowest BCUT2D eigenvalue weighted by Gasteiger charge is -2.14. The summed E-state index contributed by atoms with van der Waals surface area (Å²) >= 11 is 0. The number of benzene rings is 7. The number of aromatic nitrogens is 6. The van der Waals surface area contributed by atoms with Crippen molar-refractivity contribution in [3.05, 3.63) is 170 Å². The zero-order valence-corrected chi connectivity index (χ0v) is 26.8. The summed E-state index contributed by atoms with van der Waals surface area (Å²) in [6, 6.07) is 60.1. The Bertz CT molecular complexity index is 3070. The second-order valence-corrected chi connectivity index (χ2v) is 12.8. The van der Waals surface area contributed by atoms with Crippen molar-refractivity contribution in [2.75, 3.05) is 0 Å². The molecule has 4 heterocycles. The highest BCUT2D eigenvalue weighted by atomic mass is 15.2. The summed E-state index contributed by atoms with van der Waals surface area (Å²) in [5.41, 5.74) is 15.3. The van der Waals surface area contributed by atoms with Gasteiger partial charge in [-0.05, 0) is 95.1 Å². The first-order valence-corrected chi connectivity index (χ1v) is 16.9. The molecule has 6 nitrogen and oxygen atoms in total. The molecular formula is C44H28N6. The molecule has 0 spiro atoms. The highest BCUT2D eigenvalue weighted by Gasteiger charge is 2.22. The fourth-order valence-electron chi connectivity index (χ4n) is 7.77. The first-order chi connectivity index (χ1) is 24.8. The number of nitrogens with zero attached hydrogens (tertiary/aromatic N) is 6. The fraction of sp³-hybridized carbons (Fsp3) is 0. The lowest BCUT2D eigenvalue weighted by molar-refractivity contribution is 1.11. The maximum Gasteiger partial charge on any atom is 0.220 e. The molecule has 4 aromatic heterocycles. The van der Waals surface area contributed by atoms with E-state index in [-0.39, 0.29) is 0 Å². The molecule has 0 N–H and O–H groups in total. The summed E-state index contributed by atoms with van der Waals surface area (Å²) in [6.45, 7) is 0. The average molecular weight is 641 g/mol. The van der Waals surface area contributed by atoms with Crippen LogP contribution in [0.25, 0.3) is 89.3 Å². The smallest absolute Gasteiger partial charge is 0.220 e. The van der Waals surface area contributed by atoms with Crippen molar-refractivity contribution >= 4 is 55.7 Å². The van der Waals surface area contributed by atoms with Gasteiger partial charge in [0.05, 0.1) is 44.1 Å². The molecular weight excluding hydrogens is 613 g/mol. The van der Waals surface area contributed by atoms with Gasteiger partial charge in [0.25, 0.3) is 0 Å². The highest BCUT2D eigenvalue weighted by molar-refractivity contribution is 6.01. The van der Waals surface area contributed by atoms with E-state index in [1.807, 2.05) is 0 Å². The van der Waals surface area contributed by atoms with E-state index in [2.05, 4.69) is 188 Å². The topological polar surface area (TPSA) is 44.5 Å². The Hall–Kier alpha value is -6.92. The van der Waals surface area contributed by atoms with Gasteiger partial charge in [-0.15, -0.1) is 0 Å². The Morgan fingerprint density at radius 3 is 1.38 bits per heavy atom. The van der Waals surface area contributed by atoms with Crippen LogP contribution in [0.1, 0.15) is 0 Å². The average Bonchev–Trinajstić information content (AvgIpc) is 3.91. The zero-order valence-electron chi connectivity index (χ0n) is 26.8. The largest absolute Gasteiger partial charge is 0.278 e. The van der Waals surface area contributed by atoms with Crippen molar-refractivity contribution in [2.45, 2.75) is 0 Å². The van der Waals surface area contributed by atoms with Crippen LogP contribution in [0.2, 0.25) is 0 Å². The van der Waals surface area contributed by atoms with Gasteiger partial charge in [0.1, 0.15) is 0 Å². The van der Waals surface area contributed by atoms with Crippen LogP contribution in [0.3, 0.4) is 0 Å². The third-order valence-corrected chi connectivity index (χ3v) is 9.96. The van der Waals surface area contributed by atoms with E-state index in [9.17, 15) is 0 Å². The number of rotatable bonds is 4. The van der Waals surface area contributed by atoms with E-state index in [4.69, 9.17) is 9.97 Å². The van der Waals surface area contributed by atoms with E-state index in [0.717, 1.165) is 89.3 Å². The summed E-state index contributed by atoms with van der Waals surface area (Å²) in [6.07, 6.45) is 0. The van der Waals surface area contributed by atoms with Gasteiger partial charge in [-0.25, -0.2) is 9.97 Å². The molecule has 0 aliphatic heterocycles. The van der Waals surface area contributed by atoms with Gasteiger partial charge >= 0.3 is 0 Å². The maximum atomic E-state index is 5.18. The lowest BCUT2D eigenvalue weighted by atomic mass is 9.93. The van der Waals surface area contributed by atoms with Crippen molar-refractivity contribution in [3.63, 3.8) is 0 Å². The van der Waals surface area contributed by atoms with Crippen molar-refractivity contribution in [1.82, 2.24) is 27.9 Å². The molecule has 11 rings (SSSR count). The Morgan fingerprint density at radius 1 is 0.320 bits per heavy atom. The zero-order chi connectivity index (χ0) is 32.8. The van der Waals surface area contributed by atoms with Gasteiger partial charge in [0.15, 0.2) is 0 Å². The lowest BCUT2D eigenvalue weighted by Crippen LogP contribution is -1.95. The van der Waals surface area contributed by atoms with Gasteiger partial charge < -0.3 is 0 Å². The molecule has 0 aliphatic carbocycles. The quantitative estimate of drug-likeness (QED) is 0.192. The van der Waals surface area contributed by atoms with Crippen LogP contribution in [0.5, 0.6) is 0 Å². The van der Waals surface area contributed by atoms with Crippen molar-refractivity contribution in [1.29, 1.82) is 0 Å². The van der Waals surface area contributed by atoms with Crippen molar-refractivity contribution < 1.29 is 0 Å². The molecule has 0 aliphatic rings. The number of para-hydroxylation sites is 6. The minimum atomic E-state index is 0.894. The van der Waals surface area contributed by atoms with E-state index in [0.29, 0.717) is 0 Å². The molecule has 0 saturated heterocycles. The second-order valence-electron chi connectivity index (χ2n) is 12.8. The molecule has 0 radical (unpaired) electrons. The van der Waals surface area contributed by atoms with E-state index in [1.165, 1.54) is 0 Å². The monoisotopic (exact) mass is 640 g/mol. The second kappa shape index (κ2) is 10.3. The van der Waals surface area contributed by atoms with Crippen LogP contribution in [0.4, 0.5) is 0 Å². The summed E-state index contributed by atoms with van der Waals surface area (Å²) in [5, 5.41) is 0. The molecule has 0 fully saturated rings. The molecule has 0 unspecified atom stereocenters. The minimum absolute atomic E-state index is 0.894. The number of hydrogen-bond donors (Lipinski definition) is 0. The van der Waals surface area contributed by atoms with Gasteiger partial charge in [-0.1, -0.05) is 97.1 Å². The molecule has 0 amide bonds. The molecule has 7 aromatic carbocycles. The molecule has 6 heteroatoms. The van der Waals surface area contributed by atoms with Crippen molar-refractivity contribution in [3.8, 4) is 33.6 Å². The van der Waals surface area contributed by atoms with Crippen LogP contribution in [-0.2, 0) is 0 Å². The Morgan fingerprint density at radius 2 is 0.780 bits per heavy atom. The predicted octanol–water partition coefficient (Wildman–Crippen LogP) is 10.5. The molecule has 234 valence electrons. The van der Waals surface area contributed by atoms with Crippen LogP contribution < -0.4 is 0 Å². The maximum absolute atomic E-state index is 5.18. The Kier molecular flexibility index (Phi) is 5.57. The van der Waals surface area contributed by atoms with Crippen LogP contribution in [0, 0.1) is 0 Å². The van der Waals surface area contributed by atoms with E-state index >= 15 is 0 Å². The SMILES string of the molecule is c1ccc(-c2cc3c(cc2-c2ccc4c(c2)n2c5ccccc5nc2n4-c2ccccc2)n2c4ccccc4nc2n3-c2ccccc2)cc1. The van der Waals surface area contributed by atoms with E-state index < -0.39 is 0 Å². The van der Waals surface area contributed by atoms with E-state index in [1.54, 1.807) is 0 Å². The molecule has 11 aromatic rings. The van der Waals surface area contributed by atoms with Gasteiger partial charge in [0, 0.05) is 11.4 Å². The molecule has 0 saturated carbocycles.